The van der Waals surface area contributed by atoms with Gasteiger partial charge in [0.05, 0.1) is 24.6 Å². The number of pyridine rings is 1. The number of amides is 2. The van der Waals surface area contributed by atoms with Gasteiger partial charge in [-0.15, -0.1) is 0 Å². The Labute approximate surface area is 137 Å². The number of ether oxygens (including phenoxy) is 1. The average molecular weight is 319 g/mol. The molecule has 1 aliphatic carbocycles. The summed E-state index contributed by atoms with van der Waals surface area (Å²) in [6, 6.07) is 1.67. The predicted molar refractivity (Wildman–Crippen MR) is 88.4 cm³/mol. The van der Waals surface area contributed by atoms with Crippen LogP contribution in [0.25, 0.3) is 0 Å². The second-order valence-corrected chi connectivity index (χ2v) is 6.08. The van der Waals surface area contributed by atoms with E-state index >= 15 is 0 Å². The van der Waals surface area contributed by atoms with Crippen LogP contribution in [0.2, 0.25) is 0 Å². The normalized spacial score (nSPS) is 20.7. The zero-order valence-electron chi connectivity index (χ0n) is 14.0. The molecule has 1 fully saturated rings. The Hall–Kier alpha value is -2.11. The summed E-state index contributed by atoms with van der Waals surface area (Å²) in [7, 11) is 3.14. The molecule has 0 aromatic carbocycles. The average Bonchev–Trinajstić information content (AvgIpc) is 2.60. The zero-order valence-corrected chi connectivity index (χ0v) is 14.0. The number of methoxy groups -OCH3 is 1. The van der Waals surface area contributed by atoms with E-state index in [1.807, 2.05) is 7.05 Å². The summed E-state index contributed by atoms with van der Waals surface area (Å²) in [6.07, 6.45) is 8.60. The quantitative estimate of drug-likeness (QED) is 0.864. The van der Waals surface area contributed by atoms with E-state index in [2.05, 4.69) is 22.0 Å². The first-order chi connectivity index (χ1) is 11.0. The van der Waals surface area contributed by atoms with Crippen molar-refractivity contribution < 1.29 is 14.3 Å². The summed E-state index contributed by atoms with van der Waals surface area (Å²) in [6.45, 7) is 2.22. The smallest absolute Gasteiger partial charge is 0.339 e. The van der Waals surface area contributed by atoms with Crippen LogP contribution >= 0.6 is 0 Å². The Kier molecular flexibility index (Phi) is 5.96. The molecule has 1 heterocycles. The molecule has 1 aliphatic rings. The maximum atomic E-state index is 12.4. The number of hydrogen-bond donors (Lipinski definition) is 1. The van der Waals surface area contributed by atoms with E-state index in [1.54, 1.807) is 11.0 Å². The Bertz CT molecular complexity index is 554. The third kappa shape index (κ3) is 4.43. The molecule has 6 nitrogen and oxygen atoms in total. The van der Waals surface area contributed by atoms with E-state index in [1.165, 1.54) is 38.8 Å². The van der Waals surface area contributed by atoms with Crippen LogP contribution in [-0.2, 0) is 4.74 Å². The van der Waals surface area contributed by atoms with E-state index in [4.69, 9.17) is 0 Å². The molecule has 0 unspecified atom stereocenters. The first-order valence-corrected chi connectivity index (χ1v) is 8.12. The van der Waals surface area contributed by atoms with Crippen LogP contribution in [0.15, 0.2) is 18.5 Å². The standard InChI is InChI=1S/C17H25N3O3/c1-4-12-5-7-15(8-6-12)20(2)17(22)19-14-9-13(10-18-11-14)16(21)23-3/h9-12,15H,4-8H2,1-3H3,(H,19,22). The van der Waals surface area contributed by atoms with Crippen molar-refractivity contribution >= 4 is 17.7 Å². The predicted octanol–water partition coefficient (Wildman–Crippen LogP) is 3.30. The lowest BCUT2D eigenvalue weighted by Gasteiger charge is -2.34. The molecule has 126 valence electrons. The minimum atomic E-state index is -0.472. The molecule has 1 aromatic rings. The molecule has 0 radical (unpaired) electrons. The molecule has 0 bridgehead atoms. The van der Waals surface area contributed by atoms with Crippen molar-refractivity contribution in [2.75, 3.05) is 19.5 Å². The third-order valence-electron chi connectivity index (χ3n) is 4.67. The van der Waals surface area contributed by atoms with Crippen LogP contribution in [0.1, 0.15) is 49.4 Å². The maximum absolute atomic E-state index is 12.4. The van der Waals surface area contributed by atoms with Gasteiger partial charge in [-0.2, -0.15) is 0 Å². The minimum Gasteiger partial charge on any atom is -0.465 e. The summed E-state index contributed by atoms with van der Waals surface area (Å²) in [4.78, 5) is 29.6. The van der Waals surface area contributed by atoms with Gasteiger partial charge in [0.15, 0.2) is 0 Å². The number of aromatic nitrogens is 1. The van der Waals surface area contributed by atoms with Crippen molar-refractivity contribution in [1.29, 1.82) is 0 Å². The van der Waals surface area contributed by atoms with Gasteiger partial charge in [0.2, 0.25) is 0 Å². The second-order valence-electron chi connectivity index (χ2n) is 6.08. The van der Waals surface area contributed by atoms with Crippen molar-refractivity contribution in [2.45, 2.75) is 45.1 Å². The fourth-order valence-electron chi connectivity index (χ4n) is 3.06. The van der Waals surface area contributed by atoms with E-state index < -0.39 is 5.97 Å². The fourth-order valence-corrected chi connectivity index (χ4v) is 3.06. The largest absolute Gasteiger partial charge is 0.465 e. The van der Waals surface area contributed by atoms with E-state index in [9.17, 15) is 9.59 Å². The summed E-state index contributed by atoms with van der Waals surface area (Å²) in [5.41, 5.74) is 0.809. The first kappa shape index (κ1) is 17.2. The number of rotatable bonds is 4. The second kappa shape index (κ2) is 7.94. The van der Waals surface area contributed by atoms with Gasteiger partial charge in [0, 0.05) is 19.3 Å². The van der Waals surface area contributed by atoms with E-state index in [0.717, 1.165) is 18.8 Å². The molecule has 1 saturated carbocycles. The molecule has 0 aliphatic heterocycles. The van der Waals surface area contributed by atoms with Crippen molar-refractivity contribution in [2.24, 2.45) is 5.92 Å². The third-order valence-corrected chi connectivity index (χ3v) is 4.67. The molecular formula is C17H25N3O3. The van der Waals surface area contributed by atoms with Gasteiger partial charge in [-0.25, -0.2) is 9.59 Å². The van der Waals surface area contributed by atoms with Gasteiger partial charge in [-0.1, -0.05) is 13.3 Å². The Balaban J connectivity index is 1.95. The van der Waals surface area contributed by atoms with Crippen molar-refractivity contribution in [3.8, 4) is 0 Å². The fraction of sp³-hybridized carbons (Fsp3) is 0.588. The number of urea groups is 1. The molecule has 23 heavy (non-hydrogen) atoms. The zero-order chi connectivity index (χ0) is 16.8. The van der Waals surface area contributed by atoms with Crippen LogP contribution in [0.4, 0.5) is 10.5 Å². The molecule has 0 atom stereocenters. The summed E-state index contributed by atoms with van der Waals surface area (Å²) < 4.78 is 4.66. The van der Waals surface area contributed by atoms with Crippen molar-refractivity contribution in [3.05, 3.63) is 24.0 Å². The maximum Gasteiger partial charge on any atom is 0.339 e. The number of carbonyl (C=O) groups is 2. The lowest BCUT2D eigenvalue weighted by atomic mass is 9.84. The minimum absolute atomic E-state index is 0.172. The van der Waals surface area contributed by atoms with Crippen LogP contribution in [-0.4, -0.2) is 42.1 Å². The number of esters is 1. The van der Waals surface area contributed by atoms with Gasteiger partial charge in [-0.05, 0) is 37.7 Å². The Morgan fingerprint density at radius 3 is 2.61 bits per heavy atom. The highest BCUT2D eigenvalue weighted by molar-refractivity contribution is 5.93. The summed E-state index contributed by atoms with van der Waals surface area (Å²) in [5.74, 6) is 0.323. The lowest BCUT2D eigenvalue weighted by Crippen LogP contribution is -2.41. The van der Waals surface area contributed by atoms with Crippen LogP contribution in [0.5, 0.6) is 0 Å². The SMILES string of the molecule is CCC1CCC(N(C)C(=O)Nc2cncc(C(=O)OC)c2)CC1. The molecule has 2 rings (SSSR count). The highest BCUT2D eigenvalue weighted by atomic mass is 16.5. The molecule has 2 amide bonds. The van der Waals surface area contributed by atoms with Crippen LogP contribution in [0, 0.1) is 5.92 Å². The lowest BCUT2D eigenvalue weighted by molar-refractivity contribution is 0.0600. The highest BCUT2D eigenvalue weighted by Gasteiger charge is 2.25. The Morgan fingerprint density at radius 1 is 1.30 bits per heavy atom. The van der Waals surface area contributed by atoms with E-state index in [0.29, 0.717) is 11.3 Å². The molecule has 0 spiro atoms. The topological polar surface area (TPSA) is 71.5 Å². The summed E-state index contributed by atoms with van der Waals surface area (Å²) >= 11 is 0. The highest BCUT2D eigenvalue weighted by Crippen LogP contribution is 2.29. The first-order valence-electron chi connectivity index (χ1n) is 8.12. The van der Waals surface area contributed by atoms with Gasteiger partial charge in [0.25, 0.3) is 0 Å². The van der Waals surface area contributed by atoms with Gasteiger partial charge in [0.1, 0.15) is 0 Å². The molecule has 1 aromatic heterocycles. The Morgan fingerprint density at radius 2 is 2.00 bits per heavy atom. The number of anilines is 1. The van der Waals surface area contributed by atoms with Crippen molar-refractivity contribution in [1.82, 2.24) is 9.88 Å². The summed E-state index contributed by atoms with van der Waals surface area (Å²) in [5, 5.41) is 2.80. The monoisotopic (exact) mass is 319 g/mol. The molecular weight excluding hydrogens is 294 g/mol. The number of carbonyl (C=O) groups excluding carboxylic acids is 2. The van der Waals surface area contributed by atoms with Gasteiger partial charge >= 0.3 is 12.0 Å². The number of nitrogens with one attached hydrogen (secondary N) is 1. The molecule has 6 heteroatoms. The molecule has 0 saturated heterocycles. The van der Waals surface area contributed by atoms with Crippen molar-refractivity contribution in [3.63, 3.8) is 0 Å². The number of nitrogens with zero attached hydrogens (tertiary/aromatic N) is 2. The number of hydrogen-bond acceptors (Lipinski definition) is 4. The van der Waals surface area contributed by atoms with Gasteiger partial charge < -0.3 is 15.0 Å². The van der Waals surface area contributed by atoms with E-state index in [-0.39, 0.29) is 12.1 Å². The molecule has 1 N–H and O–H groups in total. The van der Waals surface area contributed by atoms with Gasteiger partial charge in [-0.3, -0.25) is 4.98 Å². The van der Waals surface area contributed by atoms with Crippen LogP contribution < -0.4 is 5.32 Å². The van der Waals surface area contributed by atoms with Crippen LogP contribution in [0.3, 0.4) is 0 Å².